The molecule has 2 rings (SSSR count). The zero-order valence-corrected chi connectivity index (χ0v) is 11.6. The minimum atomic E-state index is 0.115. The van der Waals surface area contributed by atoms with E-state index in [1.54, 1.807) is 0 Å². The lowest BCUT2D eigenvalue weighted by molar-refractivity contribution is 0.412. The van der Waals surface area contributed by atoms with Crippen LogP contribution in [0.15, 0.2) is 4.42 Å². The Kier molecular flexibility index (Phi) is 4.22. The fourth-order valence-corrected chi connectivity index (χ4v) is 2.45. The number of anilines is 1. The first-order valence-corrected chi connectivity index (χ1v) is 6.98. The van der Waals surface area contributed by atoms with Gasteiger partial charge in [0.2, 0.25) is 5.89 Å². The van der Waals surface area contributed by atoms with Crippen molar-refractivity contribution in [3.8, 4) is 0 Å². The lowest BCUT2D eigenvalue weighted by Crippen LogP contribution is -2.30. The molecule has 1 aromatic heterocycles. The van der Waals surface area contributed by atoms with Crippen molar-refractivity contribution < 1.29 is 4.42 Å². The Morgan fingerprint density at radius 1 is 1.33 bits per heavy atom. The molecule has 0 bridgehead atoms. The van der Waals surface area contributed by atoms with Crippen LogP contribution in [-0.2, 0) is 0 Å². The first-order valence-electron chi connectivity index (χ1n) is 6.98. The van der Waals surface area contributed by atoms with Crippen molar-refractivity contribution in [2.24, 2.45) is 0 Å². The van der Waals surface area contributed by atoms with Crippen molar-refractivity contribution in [3.05, 3.63) is 5.89 Å². The average molecular weight is 252 g/mol. The van der Waals surface area contributed by atoms with Crippen LogP contribution in [0.1, 0.15) is 64.8 Å². The summed E-state index contributed by atoms with van der Waals surface area (Å²) in [6.07, 6.45) is 6.00. The Bertz CT molecular complexity index is 371. The maximum Gasteiger partial charge on any atom is 0.315 e. The Labute approximate surface area is 109 Å². The molecule has 5 nitrogen and oxygen atoms in total. The molecule has 1 aromatic rings. The van der Waals surface area contributed by atoms with E-state index in [1.165, 1.54) is 25.7 Å². The van der Waals surface area contributed by atoms with E-state index in [2.05, 4.69) is 34.7 Å². The summed E-state index contributed by atoms with van der Waals surface area (Å²) in [5.41, 5.74) is 0.129. The second-order valence-corrected chi connectivity index (χ2v) is 5.51. The molecule has 0 saturated heterocycles. The van der Waals surface area contributed by atoms with Gasteiger partial charge in [0.05, 0.1) is 6.04 Å². The van der Waals surface area contributed by atoms with Gasteiger partial charge in [-0.2, -0.15) is 0 Å². The van der Waals surface area contributed by atoms with Gasteiger partial charge in [-0.25, -0.2) is 0 Å². The number of hydrogen-bond donors (Lipinski definition) is 2. The summed E-state index contributed by atoms with van der Waals surface area (Å²) < 4.78 is 5.67. The summed E-state index contributed by atoms with van der Waals surface area (Å²) in [6, 6.07) is 0.670. The maximum absolute atomic E-state index is 5.67. The second kappa shape index (κ2) is 5.69. The first kappa shape index (κ1) is 13.3. The van der Waals surface area contributed by atoms with E-state index in [0.717, 1.165) is 13.0 Å². The second-order valence-electron chi connectivity index (χ2n) is 5.51. The van der Waals surface area contributed by atoms with Crippen LogP contribution in [0.2, 0.25) is 0 Å². The number of nitrogens with one attached hydrogen (secondary N) is 2. The van der Waals surface area contributed by atoms with E-state index in [-0.39, 0.29) is 11.6 Å². The first-order chi connectivity index (χ1) is 8.63. The van der Waals surface area contributed by atoms with Crippen LogP contribution >= 0.6 is 0 Å². The molecule has 2 N–H and O–H groups in total. The smallest absolute Gasteiger partial charge is 0.315 e. The third-order valence-corrected chi connectivity index (χ3v) is 3.63. The van der Waals surface area contributed by atoms with E-state index < -0.39 is 0 Å². The quantitative estimate of drug-likeness (QED) is 0.815. The molecule has 1 heterocycles. The van der Waals surface area contributed by atoms with Crippen LogP contribution in [0, 0.1) is 0 Å². The van der Waals surface area contributed by atoms with Gasteiger partial charge in [-0.15, -0.1) is 5.10 Å². The van der Waals surface area contributed by atoms with Gasteiger partial charge in [0.15, 0.2) is 0 Å². The van der Waals surface area contributed by atoms with E-state index in [9.17, 15) is 0 Å². The summed E-state index contributed by atoms with van der Waals surface area (Å²) in [7, 11) is 0. The van der Waals surface area contributed by atoms with Crippen LogP contribution in [0.3, 0.4) is 0 Å². The molecular formula is C13H24N4O. The summed E-state index contributed by atoms with van der Waals surface area (Å²) in [4.78, 5) is 0. The predicted molar refractivity (Wildman–Crippen MR) is 71.5 cm³/mol. The minimum Gasteiger partial charge on any atom is -0.406 e. The third kappa shape index (κ3) is 3.22. The Balaban J connectivity index is 1.93. The highest BCUT2D eigenvalue weighted by molar-refractivity contribution is 5.24. The van der Waals surface area contributed by atoms with Gasteiger partial charge < -0.3 is 15.1 Å². The predicted octanol–water partition coefficient (Wildman–Crippen LogP) is 2.87. The molecule has 5 heteroatoms. The topological polar surface area (TPSA) is 63.0 Å². The van der Waals surface area contributed by atoms with Crippen LogP contribution in [0.25, 0.3) is 0 Å². The zero-order chi connectivity index (χ0) is 13.0. The monoisotopic (exact) mass is 252 g/mol. The van der Waals surface area contributed by atoms with Gasteiger partial charge in [0.25, 0.3) is 0 Å². The Morgan fingerprint density at radius 2 is 2.06 bits per heavy atom. The molecule has 0 amide bonds. The lowest BCUT2D eigenvalue weighted by atomic mass is 10.0. The summed E-state index contributed by atoms with van der Waals surface area (Å²) in [6.45, 7) is 7.37. The van der Waals surface area contributed by atoms with Crippen LogP contribution in [0.5, 0.6) is 0 Å². The molecule has 0 spiro atoms. The SMILES string of the molecule is CCCNC(C)c1nnc(NC2(C)CCCC2)o1. The van der Waals surface area contributed by atoms with Gasteiger partial charge in [0.1, 0.15) is 0 Å². The van der Waals surface area contributed by atoms with Crippen molar-refractivity contribution in [2.75, 3.05) is 11.9 Å². The molecule has 18 heavy (non-hydrogen) atoms. The van der Waals surface area contributed by atoms with Crippen molar-refractivity contribution in [3.63, 3.8) is 0 Å². The van der Waals surface area contributed by atoms with Gasteiger partial charge in [-0.05, 0) is 39.7 Å². The largest absolute Gasteiger partial charge is 0.406 e. The molecular weight excluding hydrogens is 228 g/mol. The highest BCUT2D eigenvalue weighted by atomic mass is 16.4. The summed E-state index contributed by atoms with van der Waals surface area (Å²) in [5.74, 6) is 0.660. The van der Waals surface area contributed by atoms with E-state index in [0.29, 0.717) is 11.9 Å². The van der Waals surface area contributed by atoms with Gasteiger partial charge in [0, 0.05) is 5.54 Å². The molecule has 102 valence electrons. The minimum absolute atomic E-state index is 0.115. The maximum atomic E-state index is 5.67. The Hall–Kier alpha value is -1.10. The highest BCUT2D eigenvalue weighted by Crippen LogP contribution is 2.32. The molecule has 1 atom stereocenters. The molecule has 1 saturated carbocycles. The van der Waals surface area contributed by atoms with Gasteiger partial charge in [-0.3, -0.25) is 0 Å². The van der Waals surface area contributed by atoms with E-state index in [4.69, 9.17) is 4.42 Å². The molecule has 0 radical (unpaired) electrons. The van der Waals surface area contributed by atoms with Crippen LogP contribution in [-0.4, -0.2) is 22.3 Å². The summed E-state index contributed by atoms with van der Waals surface area (Å²) in [5, 5.41) is 14.9. The normalized spacial score (nSPS) is 19.9. The molecule has 1 aliphatic carbocycles. The van der Waals surface area contributed by atoms with Crippen LogP contribution < -0.4 is 10.6 Å². The number of hydrogen-bond acceptors (Lipinski definition) is 5. The van der Waals surface area contributed by atoms with Gasteiger partial charge in [-0.1, -0.05) is 24.9 Å². The molecule has 1 fully saturated rings. The number of nitrogens with zero attached hydrogens (tertiary/aromatic N) is 2. The molecule has 1 aliphatic rings. The van der Waals surface area contributed by atoms with Gasteiger partial charge >= 0.3 is 6.01 Å². The van der Waals surface area contributed by atoms with Crippen LogP contribution in [0.4, 0.5) is 6.01 Å². The van der Waals surface area contributed by atoms with Crippen molar-refractivity contribution in [1.82, 2.24) is 15.5 Å². The summed E-state index contributed by atoms with van der Waals surface area (Å²) >= 11 is 0. The molecule has 0 aromatic carbocycles. The third-order valence-electron chi connectivity index (χ3n) is 3.63. The van der Waals surface area contributed by atoms with Crippen molar-refractivity contribution in [2.45, 2.75) is 64.5 Å². The average Bonchev–Trinajstić information content (AvgIpc) is 2.96. The van der Waals surface area contributed by atoms with E-state index >= 15 is 0 Å². The highest BCUT2D eigenvalue weighted by Gasteiger charge is 2.30. The molecule has 0 aliphatic heterocycles. The number of rotatable bonds is 6. The zero-order valence-electron chi connectivity index (χ0n) is 11.6. The molecule has 1 unspecified atom stereocenters. The number of aromatic nitrogens is 2. The fourth-order valence-electron chi connectivity index (χ4n) is 2.45. The fraction of sp³-hybridized carbons (Fsp3) is 0.846. The lowest BCUT2D eigenvalue weighted by Gasteiger charge is -2.23. The Morgan fingerprint density at radius 3 is 2.72 bits per heavy atom. The standard InChI is InChI=1S/C13H24N4O/c1-4-9-14-10(2)11-16-17-12(18-11)15-13(3)7-5-6-8-13/h10,14H,4-9H2,1-3H3,(H,15,17). The van der Waals surface area contributed by atoms with E-state index in [1.807, 2.05) is 6.92 Å². The van der Waals surface area contributed by atoms with Crippen molar-refractivity contribution in [1.29, 1.82) is 0 Å². The van der Waals surface area contributed by atoms with Crippen molar-refractivity contribution >= 4 is 6.01 Å².